The van der Waals surface area contributed by atoms with E-state index in [0.717, 1.165) is 17.5 Å². The van der Waals surface area contributed by atoms with Crippen molar-refractivity contribution in [1.82, 2.24) is 0 Å². The highest BCUT2D eigenvalue weighted by Gasteiger charge is 2.17. The molecule has 0 saturated heterocycles. The summed E-state index contributed by atoms with van der Waals surface area (Å²) in [5, 5.41) is 19.2. The lowest BCUT2D eigenvalue weighted by Crippen LogP contribution is -2.31. The van der Waals surface area contributed by atoms with E-state index in [-0.39, 0.29) is 0 Å². The Kier molecular flexibility index (Phi) is 7.37. The molecule has 0 aromatic heterocycles. The van der Waals surface area contributed by atoms with Crippen LogP contribution in [-0.4, -0.2) is 17.2 Å². The molecular formula is C20H27BO2. The average molecular weight is 310 g/mol. The van der Waals surface area contributed by atoms with Gasteiger partial charge in [0.2, 0.25) is 0 Å². The third-order valence-corrected chi connectivity index (χ3v) is 4.30. The van der Waals surface area contributed by atoms with E-state index < -0.39 is 7.12 Å². The molecule has 0 radical (unpaired) electrons. The average Bonchev–Trinajstić information content (AvgIpc) is 2.58. The summed E-state index contributed by atoms with van der Waals surface area (Å²) < 4.78 is 0. The molecule has 23 heavy (non-hydrogen) atoms. The van der Waals surface area contributed by atoms with Crippen molar-refractivity contribution in [2.75, 3.05) is 0 Å². The van der Waals surface area contributed by atoms with Crippen molar-refractivity contribution >= 4 is 12.6 Å². The Morgan fingerprint density at radius 1 is 0.826 bits per heavy atom. The minimum absolute atomic E-state index is 0.572. The number of hydrogen-bond donors (Lipinski definition) is 2. The Morgan fingerprint density at radius 3 is 2.22 bits per heavy atom. The van der Waals surface area contributed by atoms with Gasteiger partial charge in [0.05, 0.1) is 0 Å². The highest BCUT2D eigenvalue weighted by molar-refractivity contribution is 6.60. The van der Waals surface area contributed by atoms with Gasteiger partial charge in [-0.3, -0.25) is 0 Å². The summed E-state index contributed by atoms with van der Waals surface area (Å²) in [5.74, 6) is 0. The molecule has 0 atom stereocenters. The van der Waals surface area contributed by atoms with Gasteiger partial charge in [-0.2, -0.15) is 0 Å². The van der Waals surface area contributed by atoms with E-state index in [1.807, 2.05) is 42.5 Å². The van der Waals surface area contributed by atoms with Gasteiger partial charge in [-0.05, 0) is 35.0 Å². The summed E-state index contributed by atoms with van der Waals surface area (Å²) in [6.07, 6.45) is 8.78. The van der Waals surface area contributed by atoms with E-state index in [0.29, 0.717) is 5.46 Å². The molecule has 0 amide bonds. The van der Waals surface area contributed by atoms with Crippen molar-refractivity contribution in [3.63, 3.8) is 0 Å². The summed E-state index contributed by atoms with van der Waals surface area (Å²) in [6.45, 7) is 2.24. The first kappa shape index (κ1) is 17.8. The van der Waals surface area contributed by atoms with Crippen molar-refractivity contribution in [1.29, 1.82) is 0 Å². The van der Waals surface area contributed by atoms with Gasteiger partial charge >= 0.3 is 7.12 Å². The van der Waals surface area contributed by atoms with Gasteiger partial charge in [-0.25, -0.2) is 0 Å². The molecule has 2 N–H and O–H groups in total. The minimum atomic E-state index is -1.44. The van der Waals surface area contributed by atoms with Crippen LogP contribution in [-0.2, 0) is 6.42 Å². The predicted octanol–water partition coefficient (Wildman–Crippen LogP) is 3.94. The van der Waals surface area contributed by atoms with E-state index in [4.69, 9.17) is 0 Å². The van der Waals surface area contributed by atoms with Gasteiger partial charge < -0.3 is 10.0 Å². The molecule has 0 spiro atoms. The zero-order valence-corrected chi connectivity index (χ0v) is 14.0. The lowest BCUT2D eigenvalue weighted by Gasteiger charge is -2.12. The van der Waals surface area contributed by atoms with Crippen LogP contribution in [0.5, 0.6) is 0 Å². The van der Waals surface area contributed by atoms with Crippen molar-refractivity contribution in [3.05, 3.63) is 54.1 Å². The molecule has 0 aliphatic carbocycles. The lowest BCUT2D eigenvalue weighted by atomic mass is 9.74. The normalized spacial score (nSPS) is 10.7. The Balaban J connectivity index is 2.05. The zero-order valence-electron chi connectivity index (χ0n) is 14.0. The molecule has 0 unspecified atom stereocenters. The third-order valence-electron chi connectivity index (χ3n) is 4.30. The van der Waals surface area contributed by atoms with Crippen LogP contribution in [0.2, 0.25) is 0 Å². The maximum Gasteiger partial charge on any atom is 0.489 e. The second kappa shape index (κ2) is 9.54. The Hall–Kier alpha value is -1.58. The molecular weight excluding hydrogens is 283 g/mol. The number of rotatable bonds is 9. The van der Waals surface area contributed by atoms with Crippen molar-refractivity contribution in [2.45, 2.75) is 51.9 Å². The largest absolute Gasteiger partial charge is 0.489 e. The van der Waals surface area contributed by atoms with Crippen LogP contribution < -0.4 is 5.46 Å². The molecule has 0 heterocycles. The van der Waals surface area contributed by atoms with Gasteiger partial charge in [-0.15, -0.1) is 0 Å². The van der Waals surface area contributed by atoms with Crippen molar-refractivity contribution in [3.8, 4) is 11.1 Å². The minimum Gasteiger partial charge on any atom is -0.423 e. The summed E-state index contributed by atoms with van der Waals surface area (Å²) >= 11 is 0. The summed E-state index contributed by atoms with van der Waals surface area (Å²) in [5.41, 5.74) is 3.79. The van der Waals surface area contributed by atoms with Crippen LogP contribution in [0.4, 0.5) is 0 Å². The van der Waals surface area contributed by atoms with Crippen LogP contribution in [0, 0.1) is 0 Å². The van der Waals surface area contributed by atoms with Gasteiger partial charge in [-0.1, -0.05) is 87.6 Å². The second-order valence-electron chi connectivity index (χ2n) is 6.18. The molecule has 0 aliphatic heterocycles. The monoisotopic (exact) mass is 310 g/mol. The predicted molar refractivity (Wildman–Crippen MR) is 98.8 cm³/mol. The fourth-order valence-electron chi connectivity index (χ4n) is 2.96. The first-order valence-electron chi connectivity index (χ1n) is 8.76. The van der Waals surface area contributed by atoms with E-state index >= 15 is 0 Å². The standard InChI is InChI=1S/C20H27BO2/c1-2-3-4-5-6-8-11-17-14-15-20(21(22)23)19(16-17)18-12-9-7-10-13-18/h7,9-10,12-16,22-23H,2-6,8,11H2,1H3. The number of aryl methyl sites for hydroxylation is 1. The molecule has 122 valence electrons. The fourth-order valence-corrected chi connectivity index (χ4v) is 2.96. The quantitative estimate of drug-likeness (QED) is 0.544. The fraction of sp³-hybridized carbons (Fsp3) is 0.400. The maximum atomic E-state index is 9.61. The highest BCUT2D eigenvalue weighted by Crippen LogP contribution is 2.20. The number of hydrogen-bond acceptors (Lipinski definition) is 2. The molecule has 2 aromatic carbocycles. The van der Waals surface area contributed by atoms with Crippen LogP contribution in [0.1, 0.15) is 51.0 Å². The van der Waals surface area contributed by atoms with Crippen molar-refractivity contribution in [2.24, 2.45) is 0 Å². The first-order valence-corrected chi connectivity index (χ1v) is 8.76. The summed E-state index contributed by atoms with van der Waals surface area (Å²) in [7, 11) is -1.44. The molecule has 3 heteroatoms. The van der Waals surface area contributed by atoms with Crippen LogP contribution in [0.3, 0.4) is 0 Å². The van der Waals surface area contributed by atoms with Crippen LogP contribution >= 0.6 is 0 Å². The van der Waals surface area contributed by atoms with Gasteiger partial charge in [0, 0.05) is 0 Å². The van der Waals surface area contributed by atoms with Gasteiger partial charge in [0.25, 0.3) is 0 Å². The number of benzene rings is 2. The highest BCUT2D eigenvalue weighted by atomic mass is 16.4. The Labute approximate surface area is 140 Å². The molecule has 2 aromatic rings. The topological polar surface area (TPSA) is 40.5 Å². The Bertz CT molecular complexity index is 581. The van der Waals surface area contributed by atoms with E-state index in [2.05, 4.69) is 13.0 Å². The van der Waals surface area contributed by atoms with Gasteiger partial charge in [0.1, 0.15) is 0 Å². The third kappa shape index (κ3) is 5.53. The van der Waals surface area contributed by atoms with Crippen LogP contribution in [0.25, 0.3) is 11.1 Å². The molecule has 0 fully saturated rings. The lowest BCUT2D eigenvalue weighted by molar-refractivity contribution is 0.426. The molecule has 2 rings (SSSR count). The van der Waals surface area contributed by atoms with E-state index in [9.17, 15) is 10.0 Å². The molecule has 0 aliphatic rings. The Morgan fingerprint density at radius 2 is 1.52 bits per heavy atom. The summed E-state index contributed by atoms with van der Waals surface area (Å²) in [4.78, 5) is 0. The smallest absolute Gasteiger partial charge is 0.423 e. The van der Waals surface area contributed by atoms with Gasteiger partial charge in [0.15, 0.2) is 0 Å². The number of unbranched alkanes of at least 4 members (excludes halogenated alkanes) is 5. The molecule has 0 saturated carbocycles. The van der Waals surface area contributed by atoms with E-state index in [1.54, 1.807) is 0 Å². The summed E-state index contributed by atoms with van der Waals surface area (Å²) in [6, 6.07) is 15.9. The zero-order chi connectivity index (χ0) is 16.5. The molecule has 0 bridgehead atoms. The SMILES string of the molecule is CCCCCCCCc1ccc(B(O)O)c(-c2ccccc2)c1. The van der Waals surface area contributed by atoms with Crippen molar-refractivity contribution < 1.29 is 10.0 Å². The second-order valence-corrected chi connectivity index (χ2v) is 6.18. The maximum absolute atomic E-state index is 9.61. The molecule has 2 nitrogen and oxygen atoms in total. The van der Waals surface area contributed by atoms with Crippen LogP contribution in [0.15, 0.2) is 48.5 Å². The first-order chi connectivity index (χ1) is 11.2. The van der Waals surface area contributed by atoms with E-state index in [1.165, 1.54) is 44.1 Å².